The summed E-state index contributed by atoms with van der Waals surface area (Å²) in [6.45, 7) is 4.04. The second-order valence-corrected chi connectivity index (χ2v) is 5.16. The van der Waals surface area contributed by atoms with Crippen molar-refractivity contribution in [3.63, 3.8) is 0 Å². The van der Waals surface area contributed by atoms with Gasteiger partial charge in [-0.1, -0.05) is 12.1 Å². The number of carbonyl (C=O) groups excluding carboxylic acids is 2. The minimum absolute atomic E-state index is 0.0337. The highest BCUT2D eigenvalue weighted by atomic mass is 16.5. The summed E-state index contributed by atoms with van der Waals surface area (Å²) in [5.41, 5.74) is 1.33. The number of ether oxygens (including phenoxy) is 1. The zero-order chi connectivity index (χ0) is 16.7. The summed E-state index contributed by atoms with van der Waals surface area (Å²) in [4.78, 5) is 27.7. The highest BCUT2D eigenvalue weighted by Crippen LogP contribution is 2.24. The lowest BCUT2D eigenvalue weighted by Gasteiger charge is -2.14. The van der Waals surface area contributed by atoms with Crippen molar-refractivity contribution >= 4 is 17.5 Å². The quantitative estimate of drug-likeness (QED) is 0.829. The lowest BCUT2D eigenvalue weighted by molar-refractivity contribution is -0.136. The Kier molecular flexibility index (Phi) is 5.68. The van der Waals surface area contributed by atoms with Gasteiger partial charge in [-0.3, -0.25) is 14.6 Å². The van der Waals surface area contributed by atoms with Gasteiger partial charge in [0.1, 0.15) is 5.75 Å². The molecule has 2 rings (SSSR count). The molecular formula is C17H19N3O3. The van der Waals surface area contributed by atoms with Crippen LogP contribution in [0.3, 0.4) is 0 Å². The van der Waals surface area contributed by atoms with Crippen molar-refractivity contribution in [2.45, 2.75) is 26.5 Å². The highest BCUT2D eigenvalue weighted by Gasteiger charge is 2.15. The first-order valence-electron chi connectivity index (χ1n) is 7.30. The number of pyridine rings is 1. The van der Waals surface area contributed by atoms with E-state index in [4.69, 9.17) is 4.74 Å². The van der Waals surface area contributed by atoms with Gasteiger partial charge >= 0.3 is 11.8 Å². The average molecular weight is 313 g/mol. The topological polar surface area (TPSA) is 80.3 Å². The number of nitrogens with one attached hydrogen (secondary N) is 2. The standard InChI is InChI=1S/C17H19N3O3/c1-12(2)23-15-6-4-3-5-14(15)20-17(22)16(21)19-11-13-7-9-18-10-8-13/h3-10,12H,11H2,1-2H3,(H,19,21)(H,20,22). The molecule has 0 spiro atoms. The normalized spacial score (nSPS) is 10.2. The van der Waals surface area contributed by atoms with Gasteiger partial charge in [0.05, 0.1) is 11.8 Å². The number of rotatable bonds is 5. The van der Waals surface area contributed by atoms with Gasteiger partial charge in [-0.25, -0.2) is 0 Å². The Bertz CT molecular complexity index is 672. The zero-order valence-corrected chi connectivity index (χ0v) is 13.1. The monoisotopic (exact) mass is 313 g/mol. The van der Waals surface area contributed by atoms with E-state index in [1.807, 2.05) is 13.8 Å². The van der Waals surface area contributed by atoms with Crippen molar-refractivity contribution < 1.29 is 14.3 Å². The summed E-state index contributed by atoms with van der Waals surface area (Å²) >= 11 is 0. The van der Waals surface area contributed by atoms with Crippen molar-refractivity contribution in [3.8, 4) is 5.75 Å². The summed E-state index contributed by atoms with van der Waals surface area (Å²) in [5.74, 6) is -0.919. The van der Waals surface area contributed by atoms with Gasteiger partial charge < -0.3 is 15.4 Å². The fraction of sp³-hybridized carbons (Fsp3) is 0.235. The molecule has 6 heteroatoms. The summed E-state index contributed by atoms with van der Waals surface area (Å²) in [5, 5.41) is 5.12. The van der Waals surface area contributed by atoms with Crippen LogP contribution < -0.4 is 15.4 Å². The van der Waals surface area contributed by atoms with Gasteiger partial charge in [0.15, 0.2) is 0 Å². The first kappa shape index (κ1) is 16.5. The van der Waals surface area contributed by atoms with Crippen LogP contribution in [0.5, 0.6) is 5.75 Å². The largest absolute Gasteiger partial charge is 0.489 e. The number of hydrogen-bond donors (Lipinski definition) is 2. The van der Waals surface area contributed by atoms with Crippen LogP contribution in [0.4, 0.5) is 5.69 Å². The Morgan fingerprint density at radius 2 is 1.78 bits per heavy atom. The van der Waals surface area contributed by atoms with E-state index < -0.39 is 11.8 Å². The number of anilines is 1. The fourth-order valence-electron chi connectivity index (χ4n) is 1.87. The number of nitrogens with zero attached hydrogens (tertiary/aromatic N) is 1. The molecule has 0 radical (unpaired) electrons. The lowest BCUT2D eigenvalue weighted by Crippen LogP contribution is -2.35. The van der Waals surface area contributed by atoms with Crippen LogP contribution in [0.15, 0.2) is 48.8 Å². The van der Waals surface area contributed by atoms with E-state index >= 15 is 0 Å². The number of amides is 2. The second kappa shape index (κ2) is 7.93. The van der Waals surface area contributed by atoms with Crippen LogP contribution in [0.25, 0.3) is 0 Å². The van der Waals surface area contributed by atoms with Crippen molar-refractivity contribution in [2.75, 3.05) is 5.32 Å². The van der Waals surface area contributed by atoms with Gasteiger partial charge in [-0.15, -0.1) is 0 Å². The maximum atomic E-state index is 12.0. The van der Waals surface area contributed by atoms with Crippen LogP contribution in [0.1, 0.15) is 19.4 Å². The third-order valence-corrected chi connectivity index (χ3v) is 2.91. The highest BCUT2D eigenvalue weighted by molar-refractivity contribution is 6.39. The molecule has 2 amide bonds. The molecule has 6 nitrogen and oxygen atoms in total. The molecule has 0 aliphatic rings. The Morgan fingerprint density at radius 3 is 2.48 bits per heavy atom. The number of carbonyl (C=O) groups is 2. The maximum Gasteiger partial charge on any atom is 0.313 e. The smallest absolute Gasteiger partial charge is 0.313 e. The van der Waals surface area contributed by atoms with E-state index in [-0.39, 0.29) is 12.6 Å². The van der Waals surface area contributed by atoms with Gasteiger partial charge in [0.25, 0.3) is 0 Å². The van der Waals surface area contributed by atoms with Gasteiger partial charge in [0, 0.05) is 18.9 Å². The summed E-state index contributed by atoms with van der Waals surface area (Å²) in [7, 11) is 0. The molecule has 1 aromatic carbocycles. The molecule has 0 saturated heterocycles. The van der Waals surface area contributed by atoms with Crippen molar-refractivity contribution in [2.24, 2.45) is 0 Å². The molecule has 1 aromatic heterocycles. The predicted octanol–water partition coefficient (Wildman–Crippen LogP) is 2.12. The molecule has 0 saturated carbocycles. The SMILES string of the molecule is CC(C)Oc1ccccc1NC(=O)C(=O)NCc1ccncc1. The molecule has 1 heterocycles. The molecule has 0 unspecified atom stereocenters. The van der Waals surface area contributed by atoms with Gasteiger partial charge in [-0.2, -0.15) is 0 Å². The molecule has 0 atom stereocenters. The van der Waals surface area contributed by atoms with Crippen LogP contribution in [0.2, 0.25) is 0 Å². The minimum atomic E-state index is -0.737. The number of para-hydroxylation sites is 2. The first-order chi connectivity index (χ1) is 11.1. The van der Waals surface area contributed by atoms with Gasteiger partial charge in [-0.05, 0) is 43.7 Å². The number of aromatic nitrogens is 1. The molecule has 0 aliphatic carbocycles. The molecule has 0 aliphatic heterocycles. The van der Waals surface area contributed by atoms with Crippen molar-refractivity contribution in [1.82, 2.24) is 10.3 Å². The predicted molar refractivity (Wildman–Crippen MR) is 86.9 cm³/mol. The van der Waals surface area contributed by atoms with E-state index in [1.54, 1.807) is 48.8 Å². The Morgan fingerprint density at radius 1 is 1.09 bits per heavy atom. The van der Waals surface area contributed by atoms with Crippen LogP contribution in [-0.2, 0) is 16.1 Å². The Hall–Kier alpha value is -2.89. The fourth-order valence-corrected chi connectivity index (χ4v) is 1.87. The molecule has 2 aromatic rings. The minimum Gasteiger partial charge on any atom is -0.489 e. The first-order valence-corrected chi connectivity index (χ1v) is 7.30. The molecule has 23 heavy (non-hydrogen) atoms. The Labute approximate surface area is 134 Å². The van der Waals surface area contributed by atoms with Crippen LogP contribution in [0, 0.1) is 0 Å². The Balaban J connectivity index is 1.95. The molecule has 120 valence electrons. The zero-order valence-electron chi connectivity index (χ0n) is 13.1. The number of hydrogen-bond acceptors (Lipinski definition) is 4. The summed E-state index contributed by atoms with van der Waals surface area (Å²) in [6.07, 6.45) is 3.22. The summed E-state index contributed by atoms with van der Waals surface area (Å²) < 4.78 is 5.60. The van der Waals surface area contributed by atoms with Crippen molar-refractivity contribution in [3.05, 3.63) is 54.4 Å². The third kappa shape index (κ3) is 5.10. The molecule has 0 fully saturated rings. The molecular weight excluding hydrogens is 294 g/mol. The second-order valence-electron chi connectivity index (χ2n) is 5.16. The van der Waals surface area contributed by atoms with Gasteiger partial charge in [0.2, 0.25) is 0 Å². The molecule has 2 N–H and O–H groups in total. The summed E-state index contributed by atoms with van der Waals surface area (Å²) in [6, 6.07) is 10.5. The van der Waals surface area contributed by atoms with Crippen LogP contribution >= 0.6 is 0 Å². The third-order valence-electron chi connectivity index (χ3n) is 2.91. The van der Waals surface area contributed by atoms with Crippen LogP contribution in [-0.4, -0.2) is 22.9 Å². The maximum absolute atomic E-state index is 12.0. The number of benzene rings is 1. The molecule has 0 bridgehead atoms. The van der Waals surface area contributed by atoms with E-state index in [9.17, 15) is 9.59 Å². The van der Waals surface area contributed by atoms with E-state index in [2.05, 4.69) is 15.6 Å². The van der Waals surface area contributed by atoms with E-state index in [1.165, 1.54) is 0 Å². The van der Waals surface area contributed by atoms with E-state index in [0.717, 1.165) is 5.56 Å². The lowest BCUT2D eigenvalue weighted by atomic mass is 10.2. The average Bonchev–Trinajstić information content (AvgIpc) is 2.55. The van der Waals surface area contributed by atoms with Crippen molar-refractivity contribution in [1.29, 1.82) is 0 Å². The van der Waals surface area contributed by atoms with E-state index in [0.29, 0.717) is 11.4 Å².